The molecule has 1 aromatic carbocycles. The van der Waals surface area contributed by atoms with E-state index >= 15 is 0 Å². The number of carbonyl (C=O) groups is 1. The first kappa shape index (κ1) is 13.1. The maximum absolute atomic E-state index is 10.8. The highest BCUT2D eigenvalue weighted by Gasteiger charge is 2.09. The van der Waals surface area contributed by atoms with Crippen molar-refractivity contribution in [2.45, 2.75) is 6.42 Å². The molecular formula is C15H12N2OS2. The Balaban J connectivity index is 2.03. The van der Waals surface area contributed by atoms with E-state index in [1.807, 2.05) is 13.1 Å². The highest BCUT2D eigenvalue weighted by molar-refractivity contribution is 7.24. The van der Waals surface area contributed by atoms with E-state index in [2.05, 4.69) is 29.2 Å². The molecule has 0 saturated carbocycles. The van der Waals surface area contributed by atoms with E-state index in [0.717, 1.165) is 27.8 Å². The van der Waals surface area contributed by atoms with E-state index in [0.29, 0.717) is 6.42 Å². The molecule has 0 unspecified atom stereocenters. The Morgan fingerprint density at radius 2 is 1.95 bits per heavy atom. The molecule has 0 spiro atoms. The minimum atomic E-state index is 0.530. The predicted octanol–water partition coefficient (Wildman–Crippen LogP) is 4.28. The van der Waals surface area contributed by atoms with Crippen molar-refractivity contribution in [3.8, 4) is 6.07 Å². The number of anilines is 1. The average Bonchev–Trinajstić information content (AvgIpc) is 3.04. The molecule has 5 heteroatoms. The lowest BCUT2D eigenvalue weighted by molar-refractivity contribution is 0.112. The largest absolute Gasteiger partial charge is 0.365 e. The fraction of sp³-hybridized carbons (Fsp3) is 0.200. The summed E-state index contributed by atoms with van der Waals surface area (Å²) in [4.78, 5) is 13.7. The smallest absolute Gasteiger partial charge is 0.160 e. The average molecular weight is 300 g/mol. The van der Waals surface area contributed by atoms with Crippen LogP contribution in [0.4, 0.5) is 5.00 Å². The van der Waals surface area contributed by atoms with Gasteiger partial charge in [-0.1, -0.05) is 0 Å². The van der Waals surface area contributed by atoms with E-state index in [4.69, 9.17) is 5.26 Å². The number of hydrogen-bond donors (Lipinski definition) is 0. The number of nitriles is 1. The molecule has 3 rings (SSSR count). The van der Waals surface area contributed by atoms with Crippen LogP contribution in [0, 0.1) is 11.3 Å². The maximum Gasteiger partial charge on any atom is 0.160 e. The normalized spacial score (nSPS) is 10.8. The molecule has 0 aliphatic carbocycles. The summed E-state index contributed by atoms with van der Waals surface area (Å²) in [6, 6.07) is 10.5. The van der Waals surface area contributed by atoms with Gasteiger partial charge in [0.1, 0.15) is 0 Å². The second-order valence-electron chi connectivity index (χ2n) is 4.61. The van der Waals surface area contributed by atoms with Crippen LogP contribution in [0.15, 0.2) is 24.3 Å². The van der Waals surface area contributed by atoms with E-state index in [1.54, 1.807) is 11.3 Å². The zero-order valence-corrected chi connectivity index (χ0v) is 12.6. The number of fused-ring (bicyclic) bond motifs is 2. The summed E-state index contributed by atoms with van der Waals surface area (Å²) in [6.07, 6.45) is 1.43. The molecule has 20 heavy (non-hydrogen) atoms. The summed E-state index contributed by atoms with van der Waals surface area (Å²) in [7, 11) is 2.01. The van der Waals surface area contributed by atoms with Crippen molar-refractivity contribution in [2.24, 2.45) is 0 Å². The number of aldehydes is 1. The molecule has 0 aliphatic heterocycles. The number of hydrogen-bond acceptors (Lipinski definition) is 5. The third-order valence-electron chi connectivity index (χ3n) is 3.21. The van der Waals surface area contributed by atoms with E-state index in [1.165, 1.54) is 26.4 Å². The predicted molar refractivity (Wildman–Crippen MR) is 86.1 cm³/mol. The van der Waals surface area contributed by atoms with Crippen LogP contribution in [0.1, 0.15) is 16.1 Å². The summed E-state index contributed by atoms with van der Waals surface area (Å²) in [6.45, 7) is 0.743. The lowest BCUT2D eigenvalue weighted by Gasteiger charge is -2.14. The number of benzene rings is 1. The molecule has 0 amide bonds. The molecule has 0 fully saturated rings. The molecular weight excluding hydrogens is 288 g/mol. The molecule has 0 bridgehead atoms. The Bertz CT molecular complexity index is 774. The van der Waals surface area contributed by atoms with Gasteiger partial charge in [0.05, 0.1) is 22.4 Å². The van der Waals surface area contributed by atoms with Gasteiger partial charge in [-0.15, -0.1) is 22.7 Å². The van der Waals surface area contributed by atoms with Gasteiger partial charge in [0, 0.05) is 23.0 Å². The van der Waals surface area contributed by atoms with Crippen molar-refractivity contribution in [1.29, 1.82) is 5.26 Å². The molecule has 100 valence electrons. The van der Waals surface area contributed by atoms with Crippen LogP contribution in [-0.2, 0) is 0 Å². The molecule has 3 aromatic rings. The zero-order valence-electron chi connectivity index (χ0n) is 10.9. The molecule has 0 N–H and O–H groups in total. The van der Waals surface area contributed by atoms with Gasteiger partial charge >= 0.3 is 0 Å². The van der Waals surface area contributed by atoms with Gasteiger partial charge in [-0.25, -0.2) is 0 Å². The highest BCUT2D eigenvalue weighted by atomic mass is 32.1. The van der Waals surface area contributed by atoms with Crippen LogP contribution >= 0.6 is 22.7 Å². The molecule has 2 aromatic heterocycles. The summed E-state index contributed by atoms with van der Waals surface area (Å²) < 4.78 is 2.36. The Morgan fingerprint density at radius 1 is 1.20 bits per heavy atom. The van der Waals surface area contributed by atoms with Crippen molar-refractivity contribution in [2.75, 3.05) is 18.5 Å². The number of rotatable bonds is 4. The van der Waals surface area contributed by atoms with Crippen LogP contribution in [0.3, 0.4) is 0 Å². The fourth-order valence-electron chi connectivity index (χ4n) is 2.16. The third-order valence-corrected chi connectivity index (χ3v) is 5.45. The van der Waals surface area contributed by atoms with Crippen LogP contribution in [0.2, 0.25) is 0 Å². The summed E-state index contributed by atoms with van der Waals surface area (Å²) >= 11 is 3.25. The van der Waals surface area contributed by atoms with E-state index in [-0.39, 0.29) is 0 Å². The first-order valence-corrected chi connectivity index (χ1v) is 7.85. The van der Waals surface area contributed by atoms with E-state index < -0.39 is 0 Å². The Hall–Kier alpha value is -1.90. The molecule has 0 aliphatic rings. The first-order chi connectivity index (χ1) is 9.71. The zero-order chi connectivity index (χ0) is 14.1. The number of carbonyl (C=O) groups excluding carboxylic acids is 1. The Morgan fingerprint density at radius 3 is 2.70 bits per heavy atom. The lowest BCUT2D eigenvalue weighted by Crippen LogP contribution is -2.16. The van der Waals surface area contributed by atoms with Gasteiger partial charge < -0.3 is 4.90 Å². The number of nitrogens with zero attached hydrogens (tertiary/aromatic N) is 2. The summed E-state index contributed by atoms with van der Waals surface area (Å²) in [5.74, 6) is 0. The highest BCUT2D eigenvalue weighted by Crippen LogP contribution is 2.37. The van der Waals surface area contributed by atoms with Gasteiger partial charge in [0.25, 0.3) is 0 Å². The van der Waals surface area contributed by atoms with Crippen molar-refractivity contribution >= 4 is 54.1 Å². The third kappa shape index (κ3) is 2.28. The van der Waals surface area contributed by atoms with Crippen LogP contribution in [0.5, 0.6) is 0 Å². The van der Waals surface area contributed by atoms with Crippen LogP contribution < -0.4 is 4.90 Å². The standard InChI is InChI=1S/C15H12N2OS2/c1-17(4-2-3-16)15-7-11-5-10-6-12(9-18)19-13(10)8-14(11)20-15/h5-9H,2,4H2,1H3. The van der Waals surface area contributed by atoms with Gasteiger partial charge in [-0.2, -0.15) is 5.26 Å². The quantitative estimate of drug-likeness (QED) is 0.676. The molecule has 0 atom stereocenters. The second-order valence-corrected chi connectivity index (χ2v) is 6.79. The van der Waals surface area contributed by atoms with Crippen molar-refractivity contribution in [3.63, 3.8) is 0 Å². The first-order valence-electron chi connectivity index (χ1n) is 6.21. The minimum Gasteiger partial charge on any atom is -0.365 e. The number of thiophene rings is 2. The summed E-state index contributed by atoms with van der Waals surface area (Å²) in [5.41, 5.74) is 0. The van der Waals surface area contributed by atoms with Crippen molar-refractivity contribution in [3.05, 3.63) is 29.1 Å². The maximum atomic E-state index is 10.8. The SMILES string of the molecule is CN(CCC#N)c1cc2cc3cc(C=O)sc3cc2s1. The van der Waals surface area contributed by atoms with Gasteiger partial charge in [-0.3, -0.25) is 4.79 Å². The molecule has 0 saturated heterocycles. The van der Waals surface area contributed by atoms with Crippen LogP contribution in [0.25, 0.3) is 20.2 Å². The van der Waals surface area contributed by atoms with Crippen molar-refractivity contribution in [1.82, 2.24) is 0 Å². The van der Waals surface area contributed by atoms with Gasteiger partial charge in [0.2, 0.25) is 0 Å². The Labute approximate surface area is 124 Å². The van der Waals surface area contributed by atoms with Crippen molar-refractivity contribution < 1.29 is 4.79 Å². The topological polar surface area (TPSA) is 44.1 Å². The molecule has 2 heterocycles. The fourth-order valence-corrected chi connectivity index (χ4v) is 4.20. The molecule has 0 radical (unpaired) electrons. The minimum absolute atomic E-state index is 0.530. The monoisotopic (exact) mass is 300 g/mol. The Kier molecular flexibility index (Phi) is 3.43. The summed E-state index contributed by atoms with van der Waals surface area (Å²) in [5, 5.41) is 12.1. The lowest BCUT2D eigenvalue weighted by atomic mass is 10.2. The molecule has 3 nitrogen and oxygen atoms in total. The van der Waals surface area contributed by atoms with Gasteiger partial charge in [-0.05, 0) is 35.0 Å². The van der Waals surface area contributed by atoms with Crippen LogP contribution in [-0.4, -0.2) is 19.9 Å². The van der Waals surface area contributed by atoms with Gasteiger partial charge in [0.15, 0.2) is 6.29 Å². The second kappa shape index (κ2) is 5.23. The van der Waals surface area contributed by atoms with E-state index in [9.17, 15) is 4.79 Å².